The average Bonchev–Trinajstić information content (AvgIpc) is 2.86. The van der Waals surface area contributed by atoms with Crippen molar-refractivity contribution in [2.24, 2.45) is 17.8 Å². The fraction of sp³-hybridized carbons (Fsp3) is 0.938. The quantitative estimate of drug-likeness (QED) is 0.771. The highest BCUT2D eigenvalue weighted by atomic mass is 16.6. The number of Topliss-reactive ketones (excluding diaryl/α,β-unsaturated/α-hetero) is 1. The molecule has 3 fully saturated rings. The highest BCUT2D eigenvalue weighted by Crippen LogP contribution is 2.39. The number of hydrogen-bond acceptors (Lipinski definition) is 3. The van der Waals surface area contributed by atoms with Gasteiger partial charge in [0.1, 0.15) is 5.78 Å². The molecule has 0 radical (unpaired) electrons. The predicted molar refractivity (Wildman–Crippen MR) is 73.0 cm³/mol. The average molecular weight is 266 g/mol. The van der Waals surface area contributed by atoms with Gasteiger partial charge in [-0.05, 0) is 31.6 Å². The van der Waals surface area contributed by atoms with E-state index in [1.54, 1.807) is 0 Å². The lowest BCUT2D eigenvalue weighted by molar-refractivity contribution is -0.142. The monoisotopic (exact) mass is 266 g/mol. The minimum atomic E-state index is -0.126. The predicted octanol–water partition coefficient (Wildman–Crippen LogP) is 2.97. The Bertz CT molecular complexity index is 333. The van der Waals surface area contributed by atoms with Crippen LogP contribution in [-0.4, -0.2) is 31.2 Å². The molecule has 0 N–H and O–H groups in total. The standard InChI is InChI=1S/C16H26O3/c1-12-3-2-4-13(9-12)15(17)14-5-7-19-16(10-14)6-8-18-11-16/h12-14H,2-11H2,1H3. The fourth-order valence-corrected chi connectivity index (χ4v) is 4.16. The van der Waals surface area contributed by atoms with Gasteiger partial charge in [-0.2, -0.15) is 0 Å². The zero-order valence-electron chi connectivity index (χ0n) is 12.0. The molecule has 19 heavy (non-hydrogen) atoms. The molecular formula is C16H26O3. The molecule has 2 heterocycles. The molecule has 4 unspecified atom stereocenters. The van der Waals surface area contributed by atoms with Crippen LogP contribution in [0.5, 0.6) is 0 Å². The molecule has 0 aromatic carbocycles. The zero-order valence-corrected chi connectivity index (χ0v) is 12.0. The van der Waals surface area contributed by atoms with Gasteiger partial charge < -0.3 is 9.47 Å². The highest BCUT2D eigenvalue weighted by molar-refractivity contribution is 5.83. The summed E-state index contributed by atoms with van der Waals surface area (Å²) in [6.45, 7) is 4.51. The fourth-order valence-electron chi connectivity index (χ4n) is 4.16. The van der Waals surface area contributed by atoms with Crippen LogP contribution in [0.4, 0.5) is 0 Å². The summed E-state index contributed by atoms with van der Waals surface area (Å²) in [6.07, 6.45) is 7.55. The summed E-state index contributed by atoms with van der Waals surface area (Å²) in [5, 5.41) is 0. The van der Waals surface area contributed by atoms with E-state index in [1.165, 1.54) is 12.8 Å². The number of ketones is 1. The van der Waals surface area contributed by atoms with E-state index in [1.807, 2.05) is 0 Å². The summed E-state index contributed by atoms with van der Waals surface area (Å²) in [6, 6.07) is 0. The summed E-state index contributed by atoms with van der Waals surface area (Å²) in [4.78, 5) is 12.7. The van der Waals surface area contributed by atoms with E-state index in [0.717, 1.165) is 51.2 Å². The highest BCUT2D eigenvalue weighted by Gasteiger charge is 2.44. The van der Waals surface area contributed by atoms with Gasteiger partial charge in [-0.15, -0.1) is 0 Å². The molecule has 2 aliphatic heterocycles. The first-order valence-electron chi connectivity index (χ1n) is 7.94. The van der Waals surface area contributed by atoms with Gasteiger partial charge in [0.2, 0.25) is 0 Å². The largest absolute Gasteiger partial charge is 0.378 e. The van der Waals surface area contributed by atoms with Crippen molar-refractivity contribution in [1.29, 1.82) is 0 Å². The summed E-state index contributed by atoms with van der Waals surface area (Å²) < 4.78 is 11.4. The van der Waals surface area contributed by atoms with Crippen LogP contribution < -0.4 is 0 Å². The van der Waals surface area contributed by atoms with E-state index in [9.17, 15) is 4.79 Å². The van der Waals surface area contributed by atoms with Crippen LogP contribution in [0.3, 0.4) is 0 Å². The van der Waals surface area contributed by atoms with E-state index >= 15 is 0 Å². The molecule has 1 aliphatic carbocycles. The Labute approximate surface area is 116 Å². The van der Waals surface area contributed by atoms with Gasteiger partial charge in [0.05, 0.1) is 12.2 Å². The van der Waals surface area contributed by atoms with Crippen LogP contribution in [0, 0.1) is 17.8 Å². The van der Waals surface area contributed by atoms with Crippen LogP contribution >= 0.6 is 0 Å². The van der Waals surface area contributed by atoms with Crippen LogP contribution in [-0.2, 0) is 14.3 Å². The van der Waals surface area contributed by atoms with Gasteiger partial charge in [0, 0.05) is 31.5 Å². The Morgan fingerprint density at radius 2 is 2.05 bits per heavy atom. The third-order valence-electron chi connectivity index (χ3n) is 5.30. The minimum Gasteiger partial charge on any atom is -0.378 e. The van der Waals surface area contributed by atoms with Crippen LogP contribution in [0.15, 0.2) is 0 Å². The van der Waals surface area contributed by atoms with Gasteiger partial charge in [-0.1, -0.05) is 19.8 Å². The minimum absolute atomic E-state index is 0.126. The maximum atomic E-state index is 12.7. The molecule has 1 spiro atoms. The molecule has 0 aromatic rings. The van der Waals surface area contributed by atoms with E-state index in [2.05, 4.69) is 6.92 Å². The zero-order chi connectivity index (χ0) is 13.3. The molecule has 108 valence electrons. The number of hydrogen-bond donors (Lipinski definition) is 0. The third-order valence-corrected chi connectivity index (χ3v) is 5.30. The molecule has 0 bridgehead atoms. The van der Waals surface area contributed by atoms with E-state index in [0.29, 0.717) is 18.3 Å². The Hall–Kier alpha value is -0.410. The molecule has 3 heteroatoms. The summed E-state index contributed by atoms with van der Waals surface area (Å²) >= 11 is 0. The van der Waals surface area contributed by atoms with Gasteiger partial charge in [-0.25, -0.2) is 0 Å². The van der Waals surface area contributed by atoms with E-state index < -0.39 is 0 Å². The number of ether oxygens (including phenoxy) is 2. The second kappa shape index (κ2) is 5.53. The van der Waals surface area contributed by atoms with Crippen molar-refractivity contribution < 1.29 is 14.3 Å². The normalized spacial score (nSPS) is 43.5. The van der Waals surface area contributed by atoms with Crippen LogP contribution in [0.1, 0.15) is 51.9 Å². The summed E-state index contributed by atoms with van der Waals surface area (Å²) in [7, 11) is 0. The molecule has 2 saturated heterocycles. The van der Waals surface area contributed by atoms with E-state index in [-0.39, 0.29) is 11.5 Å². The van der Waals surface area contributed by atoms with Crippen molar-refractivity contribution in [3.63, 3.8) is 0 Å². The molecule has 1 saturated carbocycles. The third kappa shape index (κ3) is 2.87. The van der Waals surface area contributed by atoms with Crippen molar-refractivity contribution in [2.45, 2.75) is 57.5 Å². The maximum Gasteiger partial charge on any atom is 0.139 e. The molecule has 0 aromatic heterocycles. The van der Waals surface area contributed by atoms with Gasteiger partial charge in [0.25, 0.3) is 0 Å². The smallest absolute Gasteiger partial charge is 0.139 e. The molecule has 0 amide bonds. The number of carbonyl (C=O) groups excluding carboxylic acids is 1. The first-order chi connectivity index (χ1) is 9.19. The lowest BCUT2D eigenvalue weighted by Crippen LogP contribution is -2.44. The summed E-state index contributed by atoms with van der Waals surface area (Å²) in [5.41, 5.74) is -0.126. The van der Waals surface area contributed by atoms with Gasteiger partial charge in [-0.3, -0.25) is 4.79 Å². The van der Waals surface area contributed by atoms with Crippen LogP contribution in [0.2, 0.25) is 0 Å². The molecule has 3 nitrogen and oxygen atoms in total. The Morgan fingerprint density at radius 3 is 2.79 bits per heavy atom. The lowest BCUT2D eigenvalue weighted by Gasteiger charge is -2.38. The second-order valence-electron chi connectivity index (χ2n) is 6.89. The first kappa shape index (κ1) is 13.6. The van der Waals surface area contributed by atoms with Crippen LogP contribution in [0.25, 0.3) is 0 Å². The Kier molecular flexibility index (Phi) is 3.95. The van der Waals surface area contributed by atoms with Crippen molar-refractivity contribution in [1.82, 2.24) is 0 Å². The molecule has 4 atom stereocenters. The Morgan fingerprint density at radius 1 is 1.16 bits per heavy atom. The van der Waals surface area contributed by atoms with Crippen molar-refractivity contribution >= 4 is 5.78 Å². The Balaban J connectivity index is 1.62. The number of rotatable bonds is 2. The van der Waals surface area contributed by atoms with E-state index in [4.69, 9.17) is 9.47 Å². The topological polar surface area (TPSA) is 35.5 Å². The van der Waals surface area contributed by atoms with Gasteiger partial charge in [0.15, 0.2) is 0 Å². The van der Waals surface area contributed by atoms with Crippen molar-refractivity contribution in [3.8, 4) is 0 Å². The van der Waals surface area contributed by atoms with Crippen molar-refractivity contribution in [3.05, 3.63) is 0 Å². The first-order valence-corrected chi connectivity index (χ1v) is 7.94. The number of carbonyl (C=O) groups is 1. The molecular weight excluding hydrogens is 240 g/mol. The van der Waals surface area contributed by atoms with Gasteiger partial charge >= 0.3 is 0 Å². The summed E-state index contributed by atoms with van der Waals surface area (Å²) in [5.74, 6) is 1.81. The maximum absolute atomic E-state index is 12.7. The lowest BCUT2D eigenvalue weighted by atomic mass is 9.73. The SMILES string of the molecule is CC1CCCC(C(=O)C2CCOC3(CCOC3)C2)C1. The molecule has 3 rings (SSSR count). The molecule has 3 aliphatic rings. The second-order valence-corrected chi connectivity index (χ2v) is 6.89. The van der Waals surface area contributed by atoms with Crippen molar-refractivity contribution in [2.75, 3.05) is 19.8 Å².